The Kier molecular flexibility index (Phi) is 8.00. The van der Waals surface area contributed by atoms with Crippen LogP contribution in [-0.4, -0.2) is 0 Å². The van der Waals surface area contributed by atoms with Crippen molar-refractivity contribution in [2.75, 3.05) is 0 Å². The largest absolute Gasteiger partial charge is 0.0992 e. The zero-order chi connectivity index (χ0) is 21.7. The Morgan fingerprint density at radius 3 is 2.13 bits per heavy atom. The molecule has 3 fully saturated rings. The van der Waals surface area contributed by atoms with Crippen molar-refractivity contribution in [3.05, 3.63) is 47.5 Å². The van der Waals surface area contributed by atoms with Crippen molar-refractivity contribution in [2.24, 2.45) is 23.2 Å². The molecule has 0 N–H and O–H groups in total. The minimum atomic E-state index is 0.607. The third kappa shape index (κ3) is 5.85. The van der Waals surface area contributed by atoms with Crippen molar-refractivity contribution in [3.63, 3.8) is 0 Å². The first-order valence-corrected chi connectivity index (χ1v) is 13.8. The van der Waals surface area contributed by atoms with E-state index >= 15 is 0 Å². The molecule has 0 heterocycles. The van der Waals surface area contributed by atoms with E-state index in [9.17, 15) is 0 Å². The van der Waals surface area contributed by atoms with Crippen molar-refractivity contribution in [1.82, 2.24) is 0 Å². The fourth-order valence-corrected chi connectivity index (χ4v) is 7.40. The second kappa shape index (κ2) is 10.7. The monoisotopic (exact) mass is 420 g/mol. The van der Waals surface area contributed by atoms with Crippen LogP contribution in [0.3, 0.4) is 0 Å². The van der Waals surface area contributed by atoms with Crippen LogP contribution in [0.25, 0.3) is 0 Å². The second-order valence-corrected chi connectivity index (χ2v) is 11.8. The molecule has 0 aliphatic heterocycles. The Morgan fingerprint density at radius 2 is 1.52 bits per heavy atom. The molecule has 3 aliphatic carbocycles. The van der Waals surface area contributed by atoms with Crippen LogP contribution in [0.15, 0.2) is 36.4 Å². The molecule has 3 saturated carbocycles. The molecule has 0 nitrogen and oxygen atoms in total. The molecule has 0 bridgehead atoms. The van der Waals surface area contributed by atoms with Gasteiger partial charge in [0.25, 0.3) is 0 Å². The minimum absolute atomic E-state index is 0.607. The molecule has 0 saturated heterocycles. The van der Waals surface area contributed by atoms with E-state index in [1.807, 2.05) is 0 Å². The van der Waals surface area contributed by atoms with Gasteiger partial charge >= 0.3 is 0 Å². The number of allylic oxidation sites excluding steroid dienone is 1. The summed E-state index contributed by atoms with van der Waals surface area (Å²) >= 11 is 0. The van der Waals surface area contributed by atoms with Crippen LogP contribution in [0.2, 0.25) is 0 Å². The standard InChI is InChI=1S/C31H48/c1-4-8-25-13-17-30(18-14-25)31(3)21-19-27(20-22-31)24(2)23-26-11-15-29(16-12-26)28-9-6-5-7-10-28/h11-12,15-16,25,27-28,30H,2,4-10,13-14,17-23H2,1,3H3. The van der Waals surface area contributed by atoms with Gasteiger partial charge in [-0.1, -0.05) is 95.2 Å². The fourth-order valence-electron chi connectivity index (χ4n) is 7.40. The molecule has 3 aliphatic rings. The van der Waals surface area contributed by atoms with Crippen molar-refractivity contribution < 1.29 is 0 Å². The van der Waals surface area contributed by atoms with Crippen LogP contribution < -0.4 is 0 Å². The predicted octanol–water partition coefficient (Wildman–Crippen LogP) is 9.64. The van der Waals surface area contributed by atoms with Crippen LogP contribution >= 0.6 is 0 Å². The molecule has 0 heteroatoms. The minimum Gasteiger partial charge on any atom is -0.0992 e. The Balaban J connectivity index is 1.24. The Labute approximate surface area is 193 Å². The smallest absolute Gasteiger partial charge is 0.00670 e. The lowest BCUT2D eigenvalue weighted by molar-refractivity contribution is 0.0599. The summed E-state index contributed by atoms with van der Waals surface area (Å²) in [6.07, 6.45) is 22.6. The van der Waals surface area contributed by atoms with Crippen molar-refractivity contribution in [3.8, 4) is 0 Å². The van der Waals surface area contributed by atoms with Gasteiger partial charge in [-0.25, -0.2) is 0 Å². The topological polar surface area (TPSA) is 0 Å². The number of benzene rings is 1. The van der Waals surface area contributed by atoms with Gasteiger partial charge in [0.1, 0.15) is 0 Å². The van der Waals surface area contributed by atoms with Gasteiger partial charge in [-0.3, -0.25) is 0 Å². The van der Waals surface area contributed by atoms with E-state index in [4.69, 9.17) is 0 Å². The molecular formula is C31H48. The van der Waals surface area contributed by atoms with Crippen LogP contribution in [0.5, 0.6) is 0 Å². The van der Waals surface area contributed by atoms with Gasteiger partial charge in [0.2, 0.25) is 0 Å². The van der Waals surface area contributed by atoms with Gasteiger partial charge in [-0.2, -0.15) is 0 Å². The first-order chi connectivity index (χ1) is 15.1. The predicted molar refractivity (Wildman–Crippen MR) is 136 cm³/mol. The second-order valence-electron chi connectivity index (χ2n) is 11.8. The average Bonchev–Trinajstić information content (AvgIpc) is 2.81. The fraction of sp³-hybridized carbons (Fsp3) is 0.742. The highest BCUT2D eigenvalue weighted by molar-refractivity contribution is 5.29. The van der Waals surface area contributed by atoms with E-state index in [1.165, 1.54) is 107 Å². The summed E-state index contributed by atoms with van der Waals surface area (Å²) in [5.41, 5.74) is 5.16. The van der Waals surface area contributed by atoms with Gasteiger partial charge in [0.15, 0.2) is 0 Å². The average molecular weight is 421 g/mol. The maximum Gasteiger partial charge on any atom is -0.00670 e. The third-order valence-electron chi connectivity index (χ3n) is 9.72. The van der Waals surface area contributed by atoms with Gasteiger partial charge in [0.05, 0.1) is 0 Å². The molecule has 172 valence electrons. The molecule has 0 spiro atoms. The Morgan fingerprint density at radius 1 is 0.871 bits per heavy atom. The lowest BCUT2D eigenvalue weighted by atomic mass is 9.59. The normalized spacial score (nSPS) is 32.6. The first kappa shape index (κ1) is 23.1. The maximum atomic E-state index is 4.58. The molecule has 1 aromatic rings. The highest BCUT2D eigenvalue weighted by Gasteiger charge is 2.39. The molecule has 0 radical (unpaired) electrons. The summed E-state index contributed by atoms with van der Waals surface area (Å²) in [5, 5.41) is 0. The van der Waals surface area contributed by atoms with E-state index in [0.29, 0.717) is 5.41 Å². The van der Waals surface area contributed by atoms with Crippen molar-refractivity contribution >= 4 is 0 Å². The molecule has 31 heavy (non-hydrogen) atoms. The SMILES string of the molecule is C=C(Cc1ccc(C2CCCCC2)cc1)C1CCC(C)(C2CCC(CCC)CC2)CC1. The van der Waals surface area contributed by atoms with Crippen LogP contribution in [0.4, 0.5) is 0 Å². The Hall–Kier alpha value is -1.04. The lowest BCUT2D eigenvalue weighted by Gasteiger charge is -2.46. The number of hydrogen-bond donors (Lipinski definition) is 0. The van der Waals surface area contributed by atoms with Gasteiger partial charge in [-0.05, 0) is 98.0 Å². The third-order valence-corrected chi connectivity index (χ3v) is 9.72. The van der Waals surface area contributed by atoms with Gasteiger partial charge < -0.3 is 0 Å². The summed E-state index contributed by atoms with van der Waals surface area (Å²) in [5.74, 6) is 3.59. The quantitative estimate of drug-likeness (QED) is 0.385. The van der Waals surface area contributed by atoms with E-state index < -0.39 is 0 Å². The Bertz CT molecular complexity index is 673. The number of hydrogen-bond acceptors (Lipinski definition) is 0. The molecular weight excluding hydrogens is 372 g/mol. The van der Waals surface area contributed by atoms with Gasteiger partial charge in [0, 0.05) is 0 Å². The highest BCUT2D eigenvalue weighted by Crippen LogP contribution is 2.51. The van der Waals surface area contributed by atoms with Crippen LogP contribution in [-0.2, 0) is 6.42 Å². The molecule has 0 aromatic heterocycles. The van der Waals surface area contributed by atoms with E-state index in [2.05, 4.69) is 44.7 Å². The maximum absolute atomic E-state index is 4.58. The summed E-state index contributed by atoms with van der Waals surface area (Å²) in [7, 11) is 0. The molecule has 4 rings (SSSR count). The summed E-state index contributed by atoms with van der Waals surface area (Å²) in [6, 6.07) is 9.64. The van der Waals surface area contributed by atoms with Crippen LogP contribution in [0.1, 0.15) is 127 Å². The molecule has 0 atom stereocenters. The first-order valence-electron chi connectivity index (χ1n) is 13.8. The summed E-state index contributed by atoms with van der Waals surface area (Å²) in [6.45, 7) is 9.56. The van der Waals surface area contributed by atoms with Gasteiger partial charge in [-0.15, -0.1) is 0 Å². The molecule has 0 amide bonds. The van der Waals surface area contributed by atoms with E-state index in [-0.39, 0.29) is 0 Å². The van der Waals surface area contributed by atoms with E-state index in [1.54, 1.807) is 5.56 Å². The molecule has 0 unspecified atom stereocenters. The van der Waals surface area contributed by atoms with E-state index in [0.717, 1.165) is 30.1 Å². The molecule has 1 aromatic carbocycles. The summed E-state index contributed by atoms with van der Waals surface area (Å²) in [4.78, 5) is 0. The number of rotatable bonds is 7. The zero-order valence-electron chi connectivity index (χ0n) is 20.6. The highest BCUT2D eigenvalue weighted by atomic mass is 14.4. The van der Waals surface area contributed by atoms with Crippen LogP contribution in [0, 0.1) is 23.2 Å². The lowest BCUT2D eigenvalue weighted by Crippen LogP contribution is -2.35. The van der Waals surface area contributed by atoms with Crippen molar-refractivity contribution in [2.45, 2.75) is 122 Å². The van der Waals surface area contributed by atoms with Crippen molar-refractivity contribution in [1.29, 1.82) is 0 Å². The zero-order valence-corrected chi connectivity index (χ0v) is 20.6. The summed E-state index contributed by atoms with van der Waals surface area (Å²) < 4.78 is 0.